The van der Waals surface area contributed by atoms with Crippen molar-refractivity contribution in [3.05, 3.63) is 59.7 Å². The van der Waals surface area contributed by atoms with Gasteiger partial charge in [-0.25, -0.2) is 0 Å². The van der Waals surface area contributed by atoms with E-state index >= 15 is 0 Å². The highest BCUT2D eigenvalue weighted by Crippen LogP contribution is 2.37. The molecule has 1 heterocycles. The highest BCUT2D eigenvalue weighted by Gasteiger charge is 2.36. The van der Waals surface area contributed by atoms with Crippen LogP contribution in [0.1, 0.15) is 28.8 Å². The Labute approximate surface area is 157 Å². The lowest BCUT2D eigenvalue weighted by Gasteiger charge is -2.17. The fourth-order valence-electron chi connectivity index (χ4n) is 3.32. The van der Waals surface area contributed by atoms with Crippen LogP contribution in [0.25, 0.3) is 0 Å². The monoisotopic (exact) mass is 363 g/mol. The van der Waals surface area contributed by atoms with Crippen LogP contribution in [0.3, 0.4) is 0 Å². The molecule has 0 unspecified atom stereocenters. The summed E-state index contributed by atoms with van der Waals surface area (Å²) in [5, 5.41) is 5.41. The van der Waals surface area contributed by atoms with Gasteiger partial charge in [0.05, 0.1) is 6.54 Å². The topological polar surface area (TPSA) is 78.5 Å². The van der Waals surface area contributed by atoms with Crippen molar-refractivity contribution < 1.29 is 14.4 Å². The number of amides is 3. The van der Waals surface area contributed by atoms with Crippen molar-refractivity contribution in [3.63, 3.8) is 0 Å². The van der Waals surface area contributed by atoms with E-state index in [2.05, 4.69) is 10.6 Å². The minimum atomic E-state index is -0.289. The quantitative estimate of drug-likeness (QED) is 0.856. The number of nitrogens with zero attached hydrogens (tertiary/aromatic N) is 1. The first-order valence-electron chi connectivity index (χ1n) is 9.19. The molecule has 0 spiro atoms. The molecule has 6 nitrogen and oxygen atoms in total. The van der Waals surface area contributed by atoms with Gasteiger partial charge >= 0.3 is 0 Å². The van der Waals surface area contributed by atoms with Gasteiger partial charge < -0.3 is 15.5 Å². The Hall–Kier alpha value is -3.15. The third-order valence-electron chi connectivity index (χ3n) is 4.90. The van der Waals surface area contributed by atoms with E-state index in [9.17, 15) is 14.4 Å². The summed E-state index contributed by atoms with van der Waals surface area (Å²) in [6, 6.07) is 14.4. The first kappa shape index (κ1) is 17.3. The third kappa shape index (κ3) is 3.84. The summed E-state index contributed by atoms with van der Waals surface area (Å²) in [7, 11) is 0. The first-order valence-corrected chi connectivity index (χ1v) is 9.19. The van der Waals surface area contributed by atoms with Gasteiger partial charge in [0, 0.05) is 29.4 Å². The minimum absolute atomic E-state index is 0.100. The average molecular weight is 363 g/mol. The Morgan fingerprint density at radius 3 is 2.56 bits per heavy atom. The van der Waals surface area contributed by atoms with Gasteiger partial charge in [0.15, 0.2) is 0 Å². The van der Waals surface area contributed by atoms with E-state index < -0.39 is 0 Å². The van der Waals surface area contributed by atoms with Gasteiger partial charge in [0.25, 0.3) is 5.91 Å². The van der Waals surface area contributed by atoms with E-state index in [-0.39, 0.29) is 30.2 Å². The van der Waals surface area contributed by atoms with E-state index in [0.717, 1.165) is 30.5 Å². The molecule has 2 N–H and O–H groups in total. The van der Waals surface area contributed by atoms with Gasteiger partial charge in [-0.15, -0.1) is 0 Å². The van der Waals surface area contributed by atoms with Crippen LogP contribution in [0.4, 0.5) is 11.4 Å². The number of rotatable bonds is 5. The van der Waals surface area contributed by atoms with Crippen LogP contribution in [-0.2, 0) is 16.0 Å². The van der Waals surface area contributed by atoms with Crippen molar-refractivity contribution in [2.45, 2.75) is 19.3 Å². The van der Waals surface area contributed by atoms with Crippen molar-refractivity contribution in [2.75, 3.05) is 23.3 Å². The van der Waals surface area contributed by atoms with Gasteiger partial charge in [-0.05, 0) is 55.2 Å². The fraction of sp³-hybridized carbons (Fsp3) is 0.286. The molecule has 1 saturated carbocycles. The Kier molecular flexibility index (Phi) is 4.62. The average Bonchev–Trinajstić information content (AvgIpc) is 3.46. The molecule has 138 valence electrons. The van der Waals surface area contributed by atoms with Gasteiger partial charge in [-0.2, -0.15) is 0 Å². The molecule has 0 bridgehead atoms. The van der Waals surface area contributed by atoms with Crippen molar-refractivity contribution >= 4 is 29.1 Å². The van der Waals surface area contributed by atoms with Crippen molar-refractivity contribution in [3.8, 4) is 0 Å². The molecule has 1 aliphatic heterocycles. The molecular weight excluding hydrogens is 342 g/mol. The first-order chi connectivity index (χ1) is 13.1. The summed E-state index contributed by atoms with van der Waals surface area (Å²) in [6.07, 6.45) is 2.78. The number of nitrogens with one attached hydrogen (secondary N) is 2. The summed E-state index contributed by atoms with van der Waals surface area (Å²) in [5.74, 6) is -0.158. The second-order valence-corrected chi connectivity index (χ2v) is 6.95. The zero-order valence-electron chi connectivity index (χ0n) is 14.9. The zero-order valence-corrected chi connectivity index (χ0v) is 14.9. The maximum absolute atomic E-state index is 12.3. The number of carbonyl (C=O) groups is 3. The SMILES string of the molecule is O=C(CNC(=O)c1ccccc1)Nc1ccc2c(c1)CCN2C(=O)C1CC1. The van der Waals surface area contributed by atoms with Gasteiger partial charge in [-0.1, -0.05) is 18.2 Å². The lowest BCUT2D eigenvalue weighted by Crippen LogP contribution is -2.32. The highest BCUT2D eigenvalue weighted by atomic mass is 16.2. The maximum atomic E-state index is 12.3. The number of carbonyl (C=O) groups excluding carboxylic acids is 3. The summed E-state index contributed by atoms with van der Waals surface area (Å²) in [4.78, 5) is 38.3. The molecule has 1 fully saturated rings. The van der Waals surface area contributed by atoms with E-state index in [1.165, 1.54) is 0 Å². The predicted molar refractivity (Wildman–Crippen MR) is 103 cm³/mol. The van der Waals surface area contributed by atoms with E-state index in [0.29, 0.717) is 17.8 Å². The highest BCUT2D eigenvalue weighted by molar-refractivity contribution is 6.00. The number of hydrogen-bond donors (Lipinski definition) is 2. The number of anilines is 2. The summed E-state index contributed by atoms with van der Waals surface area (Å²) >= 11 is 0. The van der Waals surface area contributed by atoms with Crippen molar-refractivity contribution in [1.82, 2.24) is 5.32 Å². The molecular formula is C21H21N3O3. The van der Waals surface area contributed by atoms with Crippen LogP contribution in [-0.4, -0.2) is 30.8 Å². The molecule has 2 aromatic rings. The molecule has 0 saturated heterocycles. The summed E-state index contributed by atoms with van der Waals surface area (Å²) in [5.41, 5.74) is 3.20. The number of hydrogen-bond acceptors (Lipinski definition) is 3. The molecule has 2 aliphatic rings. The molecule has 6 heteroatoms. The lowest BCUT2D eigenvalue weighted by atomic mass is 10.1. The van der Waals surface area contributed by atoms with E-state index in [1.54, 1.807) is 30.3 Å². The molecule has 0 radical (unpaired) electrons. The number of fused-ring (bicyclic) bond motifs is 1. The zero-order chi connectivity index (χ0) is 18.8. The molecule has 0 atom stereocenters. The predicted octanol–water partition coefficient (Wildman–Crippen LogP) is 2.35. The maximum Gasteiger partial charge on any atom is 0.251 e. The van der Waals surface area contributed by atoms with Crippen LogP contribution in [0.15, 0.2) is 48.5 Å². The Morgan fingerprint density at radius 1 is 1.04 bits per heavy atom. The van der Waals surface area contributed by atoms with Gasteiger partial charge in [0.1, 0.15) is 0 Å². The van der Waals surface area contributed by atoms with E-state index in [4.69, 9.17) is 0 Å². The summed E-state index contributed by atoms with van der Waals surface area (Å²) in [6.45, 7) is 0.603. The van der Waals surface area contributed by atoms with E-state index in [1.807, 2.05) is 23.1 Å². The standard InChI is InChI=1S/C21H21N3O3/c25-19(13-22-20(26)14-4-2-1-3-5-14)23-17-8-9-18-16(12-17)10-11-24(18)21(27)15-6-7-15/h1-5,8-9,12,15H,6-7,10-11,13H2,(H,22,26)(H,23,25). The second-order valence-electron chi connectivity index (χ2n) is 6.95. The molecule has 3 amide bonds. The van der Waals surface area contributed by atoms with Crippen LogP contribution >= 0.6 is 0 Å². The van der Waals surface area contributed by atoms with Crippen LogP contribution < -0.4 is 15.5 Å². The Bertz CT molecular complexity index is 891. The van der Waals surface area contributed by atoms with Gasteiger partial charge in [0.2, 0.25) is 11.8 Å². The van der Waals surface area contributed by atoms with Gasteiger partial charge in [-0.3, -0.25) is 14.4 Å². The molecule has 1 aliphatic carbocycles. The van der Waals surface area contributed by atoms with Crippen molar-refractivity contribution in [2.24, 2.45) is 5.92 Å². The lowest BCUT2D eigenvalue weighted by molar-refractivity contribution is -0.119. The molecule has 27 heavy (non-hydrogen) atoms. The normalized spacial score (nSPS) is 15.2. The molecule has 2 aromatic carbocycles. The third-order valence-corrected chi connectivity index (χ3v) is 4.90. The Balaban J connectivity index is 1.34. The fourth-order valence-corrected chi connectivity index (χ4v) is 3.32. The van der Waals surface area contributed by atoms with Crippen molar-refractivity contribution in [1.29, 1.82) is 0 Å². The van der Waals surface area contributed by atoms with Crippen LogP contribution in [0.5, 0.6) is 0 Å². The Morgan fingerprint density at radius 2 is 1.81 bits per heavy atom. The second kappa shape index (κ2) is 7.23. The summed E-state index contributed by atoms with van der Waals surface area (Å²) < 4.78 is 0. The molecule has 4 rings (SSSR count). The number of benzene rings is 2. The largest absolute Gasteiger partial charge is 0.343 e. The van der Waals surface area contributed by atoms with Crippen LogP contribution in [0.2, 0.25) is 0 Å². The van der Waals surface area contributed by atoms with Crippen LogP contribution in [0, 0.1) is 5.92 Å². The molecule has 0 aromatic heterocycles. The smallest absolute Gasteiger partial charge is 0.251 e. The minimum Gasteiger partial charge on any atom is -0.343 e.